The van der Waals surface area contributed by atoms with E-state index in [2.05, 4.69) is 5.32 Å². The molecule has 1 aliphatic rings. The van der Waals surface area contributed by atoms with Gasteiger partial charge in [0.05, 0.1) is 13.3 Å². The SMILES string of the molecule is ClC1COCN1. The summed E-state index contributed by atoms with van der Waals surface area (Å²) >= 11 is 5.48. The third-order valence-electron chi connectivity index (χ3n) is 0.671. The molecule has 3 heteroatoms. The van der Waals surface area contributed by atoms with Crippen LogP contribution in [0, 0.1) is 0 Å². The zero-order chi connectivity index (χ0) is 4.41. The molecule has 1 rings (SSSR count). The zero-order valence-corrected chi connectivity index (χ0v) is 4.03. The summed E-state index contributed by atoms with van der Waals surface area (Å²) in [6.45, 7) is 1.25. The molecule has 0 radical (unpaired) electrons. The van der Waals surface area contributed by atoms with Gasteiger partial charge in [0.1, 0.15) is 5.50 Å². The Balaban J connectivity index is 2.18. The summed E-state index contributed by atoms with van der Waals surface area (Å²) in [4.78, 5) is 0. The van der Waals surface area contributed by atoms with E-state index in [9.17, 15) is 0 Å². The van der Waals surface area contributed by atoms with Gasteiger partial charge in [0, 0.05) is 0 Å². The van der Waals surface area contributed by atoms with Gasteiger partial charge in [-0.25, -0.2) is 0 Å². The fourth-order valence-corrected chi connectivity index (χ4v) is 0.523. The van der Waals surface area contributed by atoms with Crippen LogP contribution in [-0.4, -0.2) is 18.8 Å². The molecule has 0 aromatic carbocycles. The molecule has 0 aromatic heterocycles. The van der Waals surface area contributed by atoms with E-state index in [-0.39, 0.29) is 5.50 Å². The molecule has 2 nitrogen and oxygen atoms in total. The second-order valence-electron chi connectivity index (χ2n) is 1.19. The van der Waals surface area contributed by atoms with Crippen LogP contribution in [0.2, 0.25) is 0 Å². The average molecular weight is 108 g/mol. The van der Waals surface area contributed by atoms with Gasteiger partial charge in [0.2, 0.25) is 0 Å². The van der Waals surface area contributed by atoms with Crippen molar-refractivity contribution in [2.75, 3.05) is 13.3 Å². The number of rotatable bonds is 0. The molecule has 0 bridgehead atoms. The van der Waals surface area contributed by atoms with Crippen molar-refractivity contribution in [2.24, 2.45) is 0 Å². The molecule has 1 saturated heterocycles. The summed E-state index contributed by atoms with van der Waals surface area (Å²) in [7, 11) is 0. The van der Waals surface area contributed by atoms with E-state index in [0.717, 1.165) is 0 Å². The second-order valence-corrected chi connectivity index (χ2v) is 1.71. The highest BCUT2D eigenvalue weighted by Crippen LogP contribution is 1.96. The second kappa shape index (κ2) is 1.78. The molecule has 1 N–H and O–H groups in total. The minimum absolute atomic E-state index is 0.0463. The third-order valence-corrected chi connectivity index (χ3v) is 0.951. The van der Waals surface area contributed by atoms with Crippen molar-refractivity contribution < 1.29 is 4.74 Å². The largest absolute Gasteiger partial charge is 0.363 e. The molecule has 0 spiro atoms. The lowest BCUT2D eigenvalue weighted by molar-refractivity contribution is 0.193. The van der Waals surface area contributed by atoms with Crippen LogP contribution in [0.1, 0.15) is 0 Å². The Bertz CT molecular complexity index is 44.1. The molecular weight excluding hydrogens is 101 g/mol. The predicted molar refractivity (Wildman–Crippen MR) is 23.6 cm³/mol. The minimum Gasteiger partial charge on any atom is -0.363 e. The van der Waals surface area contributed by atoms with E-state index in [1.165, 1.54) is 0 Å². The predicted octanol–water partition coefficient (Wildman–Crippen LogP) is 0.129. The van der Waals surface area contributed by atoms with Crippen LogP contribution < -0.4 is 5.32 Å². The molecule has 6 heavy (non-hydrogen) atoms. The van der Waals surface area contributed by atoms with Gasteiger partial charge < -0.3 is 4.74 Å². The first-order chi connectivity index (χ1) is 2.89. The summed E-state index contributed by atoms with van der Waals surface area (Å²) in [6.07, 6.45) is 0. The number of hydrogen-bond acceptors (Lipinski definition) is 2. The molecule has 1 aliphatic heterocycles. The van der Waals surface area contributed by atoms with Gasteiger partial charge in [-0.05, 0) is 0 Å². The van der Waals surface area contributed by atoms with Gasteiger partial charge in [-0.3, -0.25) is 5.32 Å². The molecule has 1 heterocycles. The van der Waals surface area contributed by atoms with Crippen molar-refractivity contribution >= 4 is 11.6 Å². The molecule has 1 atom stereocenters. The van der Waals surface area contributed by atoms with Crippen LogP contribution in [0.4, 0.5) is 0 Å². The maximum absolute atomic E-state index is 5.48. The molecular formula is C3H6ClNO. The van der Waals surface area contributed by atoms with Crippen LogP contribution in [0.3, 0.4) is 0 Å². The van der Waals surface area contributed by atoms with E-state index >= 15 is 0 Å². The van der Waals surface area contributed by atoms with Crippen molar-refractivity contribution in [3.63, 3.8) is 0 Å². The molecule has 1 fully saturated rings. The highest BCUT2D eigenvalue weighted by Gasteiger charge is 2.08. The number of hydrogen-bond donors (Lipinski definition) is 1. The lowest BCUT2D eigenvalue weighted by Crippen LogP contribution is -2.15. The van der Waals surface area contributed by atoms with Gasteiger partial charge in [-0.15, -0.1) is 11.6 Å². The first-order valence-electron chi connectivity index (χ1n) is 1.85. The Hall–Kier alpha value is 0.210. The molecule has 0 saturated carbocycles. The first-order valence-corrected chi connectivity index (χ1v) is 2.28. The fraction of sp³-hybridized carbons (Fsp3) is 1.00. The van der Waals surface area contributed by atoms with Crippen molar-refractivity contribution in [3.05, 3.63) is 0 Å². The average Bonchev–Trinajstić information content (AvgIpc) is 1.86. The first kappa shape index (κ1) is 4.37. The topological polar surface area (TPSA) is 21.3 Å². The van der Waals surface area contributed by atoms with E-state index in [4.69, 9.17) is 16.3 Å². The van der Waals surface area contributed by atoms with Crippen LogP contribution >= 0.6 is 11.6 Å². The fourth-order valence-electron chi connectivity index (χ4n) is 0.371. The molecule has 1 unspecified atom stereocenters. The summed E-state index contributed by atoms with van der Waals surface area (Å²) in [5, 5.41) is 2.86. The standard InChI is InChI=1S/C3H6ClNO/c4-3-1-6-2-5-3/h3,5H,1-2H2. The smallest absolute Gasteiger partial charge is 0.108 e. The summed E-state index contributed by atoms with van der Waals surface area (Å²) in [6, 6.07) is 0. The van der Waals surface area contributed by atoms with E-state index in [1.54, 1.807) is 0 Å². The molecule has 0 amide bonds. The molecule has 0 aliphatic carbocycles. The zero-order valence-electron chi connectivity index (χ0n) is 3.28. The van der Waals surface area contributed by atoms with Crippen molar-refractivity contribution in [1.29, 1.82) is 0 Å². The van der Waals surface area contributed by atoms with Gasteiger partial charge in [0.25, 0.3) is 0 Å². The van der Waals surface area contributed by atoms with Crippen LogP contribution in [0.25, 0.3) is 0 Å². The number of nitrogens with one attached hydrogen (secondary N) is 1. The minimum atomic E-state index is 0.0463. The summed E-state index contributed by atoms with van der Waals surface area (Å²) in [5.41, 5.74) is 0.0463. The maximum atomic E-state index is 5.48. The Morgan fingerprint density at radius 1 is 1.83 bits per heavy atom. The lowest BCUT2D eigenvalue weighted by Gasteiger charge is -1.88. The Kier molecular flexibility index (Phi) is 1.29. The Morgan fingerprint density at radius 3 is 2.83 bits per heavy atom. The van der Waals surface area contributed by atoms with Crippen molar-refractivity contribution in [1.82, 2.24) is 5.32 Å². The molecule has 0 aromatic rings. The van der Waals surface area contributed by atoms with Crippen LogP contribution in [0.15, 0.2) is 0 Å². The summed E-state index contributed by atoms with van der Waals surface area (Å²) < 4.78 is 4.81. The van der Waals surface area contributed by atoms with Crippen LogP contribution in [-0.2, 0) is 4.74 Å². The van der Waals surface area contributed by atoms with Gasteiger partial charge in [-0.2, -0.15) is 0 Å². The third kappa shape index (κ3) is 0.834. The maximum Gasteiger partial charge on any atom is 0.108 e. The highest BCUT2D eigenvalue weighted by atomic mass is 35.5. The quantitative estimate of drug-likeness (QED) is 0.351. The van der Waals surface area contributed by atoms with Gasteiger partial charge >= 0.3 is 0 Å². The Morgan fingerprint density at radius 2 is 2.67 bits per heavy atom. The van der Waals surface area contributed by atoms with Crippen molar-refractivity contribution in [3.8, 4) is 0 Å². The number of ether oxygens (including phenoxy) is 1. The highest BCUT2D eigenvalue weighted by molar-refractivity contribution is 6.20. The van der Waals surface area contributed by atoms with E-state index in [1.807, 2.05) is 0 Å². The van der Waals surface area contributed by atoms with Gasteiger partial charge in [-0.1, -0.05) is 0 Å². The van der Waals surface area contributed by atoms with Crippen LogP contribution in [0.5, 0.6) is 0 Å². The van der Waals surface area contributed by atoms with Crippen molar-refractivity contribution in [2.45, 2.75) is 5.50 Å². The normalized spacial score (nSPS) is 34.5. The Labute approximate surface area is 41.4 Å². The monoisotopic (exact) mass is 107 g/mol. The summed E-state index contributed by atoms with van der Waals surface area (Å²) in [5.74, 6) is 0. The van der Waals surface area contributed by atoms with E-state index < -0.39 is 0 Å². The lowest BCUT2D eigenvalue weighted by atomic mass is 10.7. The molecule has 36 valence electrons. The van der Waals surface area contributed by atoms with Gasteiger partial charge in [0.15, 0.2) is 0 Å². The number of halogens is 1. The number of alkyl halides is 1. The van der Waals surface area contributed by atoms with E-state index in [0.29, 0.717) is 13.3 Å².